The number of benzene rings is 1. The van der Waals surface area contributed by atoms with E-state index < -0.39 is 0 Å². The summed E-state index contributed by atoms with van der Waals surface area (Å²) in [6.45, 7) is 0.616. The van der Waals surface area contributed by atoms with Crippen molar-refractivity contribution in [1.29, 1.82) is 0 Å². The van der Waals surface area contributed by atoms with Crippen LogP contribution in [0.3, 0.4) is 0 Å². The number of nitrogens with zero attached hydrogens (tertiary/aromatic N) is 2. The van der Waals surface area contributed by atoms with Crippen LogP contribution in [-0.2, 0) is 11.3 Å². The summed E-state index contributed by atoms with van der Waals surface area (Å²) in [6, 6.07) is 9.88. The molecule has 0 radical (unpaired) electrons. The molecule has 0 aliphatic carbocycles. The van der Waals surface area contributed by atoms with Crippen molar-refractivity contribution in [3.63, 3.8) is 0 Å². The van der Waals surface area contributed by atoms with E-state index >= 15 is 0 Å². The highest BCUT2D eigenvalue weighted by atomic mass is 16.5. The van der Waals surface area contributed by atoms with E-state index in [9.17, 15) is 4.79 Å². The minimum absolute atomic E-state index is 0.367. The Balaban J connectivity index is 2.22. The molecule has 2 rings (SSSR count). The second-order valence-corrected chi connectivity index (χ2v) is 3.38. The molecule has 1 aromatic heterocycles. The summed E-state index contributed by atoms with van der Waals surface area (Å²) in [5, 5.41) is 0. The third-order valence-corrected chi connectivity index (χ3v) is 2.30. The van der Waals surface area contributed by atoms with Gasteiger partial charge in [-0.1, -0.05) is 30.3 Å². The molecule has 0 spiro atoms. The average Bonchev–Trinajstić information content (AvgIpc) is 2.77. The maximum absolute atomic E-state index is 11.4. The Kier molecular flexibility index (Phi) is 3.00. The number of methoxy groups -OCH3 is 1. The molecule has 1 heterocycles. The zero-order valence-corrected chi connectivity index (χ0v) is 8.96. The summed E-state index contributed by atoms with van der Waals surface area (Å²) in [5.74, 6) is -0.367. The number of imidazole rings is 1. The molecule has 4 nitrogen and oxygen atoms in total. The van der Waals surface area contributed by atoms with E-state index in [1.165, 1.54) is 13.3 Å². The maximum atomic E-state index is 11.4. The standard InChI is InChI=1S/C12H12N2O2/c1-16-12(15)11-7-13-9-14(11)8-10-5-3-2-4-6-10/h2-7,9H,8H2,1H3. The maximum Gasteiger partial charge on any atom is 0.356 e. The predicted molar refractivity (Wildman–Crippen MR) is 59.1 cm³/mol. The molecule has 1 aromatic carbocycles. The van der Waals surface area contributed by atoms with Crippen LogP contribution in [0.25, 0.3) is 0 Å². The fourth-order valence-corrected chi connectivity index (χ4v) is 1.50. The largest absolute Gasteiger partial charge is 0.464 e. The van der Waals surface area contributed by atoms with Crippen LogP contribution in [0.5, 0.6) is 0 Å². The van der Waals surface area contributed by atoms with Gasteiger partial charge in [0.2, 0.25) is 0 Å². The molecule has 0 aliphatic heterocycles. The van der Waals surface area contributed by atoms with Gasteiger partial charge in [0.1, 0.15) is 5.69 Å². The van der Waals surface area contributed by atoms with Gasteiger partial charge in [-0.05, 0) is 5.56 Å². The molecule has 0 amide bonds. The molecule has 4 heteroatoms. The van der Waals surface area contributed by atoms with E-state index in [0.717, 1.165) is 5.56 Å². The molecular formula is C12H12N2O2. The third-order valence-electron chi connectivity index (χ3n) is 2.30. The fraction of sp³-hybridized carbons (Fsp3) is 0.167. The summed E-state index contributed by atoms with van der Waals surface area (Å²) in [5.41, 5.74) is 1.58. The van der Waals surface area contributed by atoms with Crippen molar-refractivity contribution >= 4 is 5.97 Å². The normalized spacial score (nSPS) is 10.1. The Bertz CT molecular complexity index is 477. The quantitative estimate of drug-likeness (QED) is 0.734. The van der Waals surface area contributed by atoms with Gasteiger partial charge < -0.3 is 9.30 Å². The lowest BCUT2D eigenvalue weighted by Gasteiger charge is -2.06. The summed E-state index contributed by atoms with van der Waals surface area (Å²) in [4.78, 5) is 15.4. The van der Waals surface area contributed by atoms with Crippen molar-refractivity contribution in [3.05, 3.63) is 54.1 Å². The summed E-state index contributed by atoms with van der Waals surface area (Å²) in [7, 11) is 1.36. The SMILES string of the molecule is COC(=O)c1cncn1Cc1ccccc1. The molecule has 0 atom stereocenters. The Hall–Kier alpha value is -2.10. The first-order chi connectivity index (χ1) is 7.81. The minimum Gasteiger partial charge on any atom is -0.464 e. The van der Waals surface area contributed by atoms with Crippen molar-refractivity contribution in [2.75, 3.05) is 7.11 Å². The zero-order chi connectivity index (χ0) is 11.4. The van der Waals surface area contributed by atoms with Crippen LogP contribution in [0.2, 0.25) is 0 Å². The molecule has 82 valence electrons. The molecule has 0 fully saturated rings. The van der Waals surface area contributed by atoms with Crippen LogP contribution in [-0.4, -0.2) is 22.6 Å². The topological polar surface area (TPSA) is 44.1 Å². The van der Waals surface area contributed by atoms with Gasteiger partial charge in [-0.15, -0.1) is 0 Å². The Morgan fingerprint density at radius 3 is 2.81 bits per heavy atom. The van der Waals surface area contributed by atoms with Gasteiger partial charge in [-0.3, -0.25) is 0 Å². The monoisotopic (exact) mass is 216 g/mol. The first kappa shape index (κ1) is 10.4. The second-order valence-electron chi connectivity index (χ2n) is 3.38. The fourth-order valence-electron chi connectivity index (χ4n) is 1.50. The van der Waals surface area contributed by atoms with Crippen molar-refractivity contribution < 1.29 is 9.53 Å². The highest BCUT2D eigenvalue weighted by molar-refractivity contribution is 5.87. The Labute approximate surface area is 93.5 Å². The van der Waals surface area contributed by atoms with Crippen LogP contribution in [0, 0.1) is 0 Å². The van der Waals surface area contributed by atoms with E-state index in [-0.39, 0.29) is 5.97 Å². The molecule has 0 N–H and O–H groups in total. The van der Waals surface area contributed by atoms with Crippen LogP contribution >= 0.6 is 0 Å². The van der Waals surface area contributed by atoms with Gasteiger partial charge >= 0.3 is 5.97 Å². The van der Waals surface area contributed by atoms with E-state index in [2.05, 4.69) is 9.72 Å². The van der Waals surface area contributed by atoms with Gasteiger partial charge in [-0.25, -0.2) is 9.78 Å². The number of esters is 1. The molecule has 0 aliphatic rings. The van der Waals surface area contributed by atoms with Gasteiger partial charge in [0.15, 0.2) is 0 Å². The van der Waals surface area contributed by atoms with E-state index in [0.29, 0.717) is 12.2 Å². The van der Waals surface area contributed by atoms with Gasteiger partial charge in [-0.2, -0.15) is 0 Å². The molecule has 0 saturated heterocycles. The van der Waals surface area contributed by atoms with Crippen molar-refractivity contribution in [3.8, 4) is 0 Å². The molecule has 0 bridgehead atoms. The number of carbonyl (C=O) groups is 1. The lowest BCUT2D eigenvalue weighted by Crippen LogP contribution is -2.10. The first-order valence-corrected chi connectivity index (χ1v) is 4.93. The van der Waals surface area contributed by atoms with Crippen LogP contribution in [0.4, 0.5) is 0 Å². The zero-order valence-electron chi connectivity index (χ0n) is 8.96. The number of ether oxygens (including phenoxy) is 1. The van der Waals surface area contributed by atoms with E-state index in [4.69, 9.17) is 0 Å². The third kappa shape index (κ3) is 2.11. The van der Waals surface area contributed by atoms with Crippen LogP contribution in [0.15, 0.2) is 42.9 Å². The predicted octanol–water partition coefficient (Wildman–Crippen LogP) is 1.72. The van der Waals surface area contributed by atoms with Gasteiger partial charge in [0.05, 0.1) is 19.6 Å². The van der Waals surface area contributed by atoms with Crippen LogP contribution in [0.1, 0.15) is 16.1 Å². The number of aromatic nitrogens is 2. The molecule has 0 unspecified atom stereocenters. The van der Waals surface area contributed by atoms with E-state index in [1.807, 2.05) is 30.3 Å². The van der Waals surface area contributed by atoms with Crippen molar-refractivity contribution in [1.82, 2.24) is 9.55 Å². The Morgan fingerprint density at radius 2 is 2.12 bits per heavy atom. The molecule has 2 aromatic rings. The van der Waals surface area contributed by atoms with Crippen molar-refractivity contribution in [2.24, 2.45) is 0 Å². The van der Waals surface area contributed by atoms with Crippen LogP contribution < -0.4 is 0 Å². The number of hydrogen-bond acceptors (Lipinski definition) is 3. The summed E-state index contributed by atoms with van der Waals surface area (Å²) in [6.07, 6.45) is 3.13. The minimum atomic E-state index is -0.367. The number of rotatable bonds is 3. The lowest BCUT2D eigenvalue weighted by molar-refractivity contribution is 0.0589. The second kappa shape index (κ2) is 4.61. The van der Waals surface area contributed by atoms with Gasteiger partial charge in [0.25, 0.3) is 0 Å². The first-order valence-electron chi connectivity index (χ1n) is 4.93. The van der Waals surface area contributed by atoms with Gasteiger partial charge in [0, 0.05) is 6.54 Å². The van der Waals surface area contributed by atoms with E-state index in [1.54, 1.807) is 10.9 Å². The number of carbonyl (C=O) groups excluding carboxylic acids is 1. The summed E-state index contributed by atoms with van der Waals surface area (Å²) < 4.78 is 6.44. The smallest absolute Gasteiger partial charge is 0.356 e. The number of hydrogen-bond donors (Lipinski definition) is 0. The highest BCUT2D eigenvalue weighted by Gasteiger charge is 2.11. The summed E-state index contributed by atoms with van der Waals surface area (Å²) >= 11 is 0. The molecule has 0 saturated carbocycles. The Morgan fingerprint density at radius 1 is 1.38 bits per heavy atom. The lowest BCUT2D eigenvalue weighted by atomic mass is 10.2. The average molecular weight is 216 g/mol. The van der Waals surface area contributed by atoms with Crippen molar-refractivity contribution in [2.45, 2.75) is 6.54 Å². The molecule has 16 heavy (non-hydrogen) atoms. The highest BCUT2D eigenvalue weighted by Crippen LogP contribution is 2.06. The molecular weight excluding hydrogens is 204 g/mol.